The molecule has 1 aliphatic heterocycles. The maximum atomic E-state index is 11.6. The van der Waals surface area contributed by atoms with E-state index >= 15 is 0 Å². The van der Waals surface area contributed by atoms with Crippen LogP contribution in [0.5, 0.6) is 0 Å². The summed E-state index contributed by atoms with van der Waals surface area (Å²) in [5, 5.41) is 5.67. The van der Waals surface area contributed by atoms with Crippen LogP contribution in [-0.2, 0) is 4.79 Å². The molecule has 0 spiro atoms. The van der Waals surface area contributed by atoms with Crippen molar-refractivity contribution in [3.63, 3.8) is 0 Å². The summed E-state index contributed by atoms with van der Waals surface area (Å²) in [6, 6.07) is 4.09. The summed E-state index contributed by atoms with van der Waals surface area (Å²) in [7, 11) is 0. The number of fused-ring (bicyclic) bond motifs is 1. The average Bonchev–Trinajstić information content (AvgIpc) is 2.83. The van der Waals surface area contributed by atoms with Gasteiger partial charge in [0, 0.05) is 25.2 Å². The average molecular weight is 306 g/mol. The molecule has 0 bridgehead atoms. The molecule has 2 aromatic rings. The highest BCUT2D eigenvalue weighted by atomic mass is 16.2. The lowest BCUT2D eigenvalue weighted by atomic mass is 9.86. The van der Waals surface area contributed by atoms with Crippen LogP contribution in [0, 0.1) is 17.8 Å². The van der Waals surface area contributed by atoms with E-state index in [-0.39, 0.29) is 11.9 Å². The quantitative estimate of drug-likeness (QED) is 0.631. The predicted octanol–water partition coefficient (Wildman–Crippen LogP) is 2.15. The van der Waals surface area contributed by atoms with Gasteiger partial charge in [0.2, 0.25) is 5.91 Å². The molecule has 3 heterocycles. The summed E-state index contributed by atoms with van der Waals surface area (Å²) in [5.74, 6) is 7.05. The molecule has 0 N–H and O–H groups in total. The fourth-order valence-electron chi connectivity index (χ4n) is 2.96. The molecule has 116 valence electrons. The first-order valence-electron chi connectivity index (χ1n) is 8.02. The van der Waals surface area contributed by atoms with Gasteiger partial charge in [0.05, 0.1) is 11.4 Å². The van der Waals surface area contributed by atoms with Crippen LogP contribution in [0.2, 0.25) is 0 Å². The minimum atomic E-state index is -0.0318. The summed E-state index contributed by atoms with van der Waals surface area (Å²) in [6.45, 7) is 4.82. The molecule has 1 amide bonds. The third kappa shape index (κ3) is 2.40. The number of aromatic nitrogens is 3. The normalized spacial score (nSPS) is 18.0. The predicted molar refractivity (Wildman–Crippen MR) is 87.6 cm³/mol. The highest BCUT2D eigenvalue weighted by Gasteiger charge is 2.33. The van der Waals surface area contributed by atoms with Gasteiger partial charge in [-0.25, -0.2) is 9.67 Å². The second-order valence-corrected chi connectivity index (χ2v) is 6.17. The minimum absolute atomic E-state index is 0.0318. The fourth-order valence-corrected chi connectivity index (χ4v) is 2.96. The van der Waals surface area contributed by atoms with Gasteiger partial charge in [0.1, 0.15) is 5.69 Å². The Hall–Kier alpha value is -2.61. The van der Waals surface area contributed by atoms with Crippen molar-refractivity contribution in [3.05, 3.63) is 36.7 Å². The molecule has 2 aromatic heterocycles. The second kappa shape index (κ2) is 5.54. The van der Waals surface area contributed by atoms with Gasteiger partial charge in [-0.1, -0.05) is 18.9 Å². The van der Waals surface area contributed by atoms with E-state index in [0.29, 0.717) is 19.0 Å². The Kier molecular flexibility index (Phi) is 3.38. The van der Waals surface area contributed by atoms with Gasteiger partial charge in [0.25, 0.3) is 0 Å². The molecule has 2 fully saturated rings. The Morgan fingerprint density at radius 3 is 2.91 bits per heavy atom. The fraction of sp³-hybridized carbons (Fsp3) is 0.389. The monoisotopic (exact) mass is 306 g/mol. The summed E-state index contributed by atoms with van der Waals surface area (Å²) >= 11 is 0. The third-order valence-corrected chi connectivity index (χ3v) is 4.66. The number of likely N-dealkylation sites (tertiary alicyclic amines) is 1. The summed E-state index contributed by atoms with van der Waals surface area (Å²) in [4.78, 5) is 17.8. The molecule has 0 radical (unpaired) electrons. The molecule has 5 nitrogen and oxygen atoms in total. The van der Waals surface area contributed by atoms with Gasteiger partial charge in [-0.2, -0.15) is 5.10 Å². The molecule has 0 aromatic carbocycles. The number of nitrogens with zero attached hydrogens (tertiary/aromatic N) is 4. The van der Waals surface area contributed by atoms with Gasteiger partial charge in [-0.05, 0) is 37.0 Å². The molecule has 2 aliphatic rings. The van der Waals surface area contributed by atoms with E-state index in [1.165, 1.54) is 25.3 Å². The molecular formula is C18H18N4O. The lowest BCUT2D eigenvalue weighted by Crippen LogP contribution is -2.50. The van der Waals surface area contributed by atoms with Crippen LogP contribution >= 0.6 is 0 Å². The maximum Gasteiger partial charge on any atom is 0.246 e. The Morgan fingerprint density at radius 1 is 1.39 bits per heavy atom. The molecule has 1 saturated heterocycles. The Bertz CT molecular complexity index is 832. The topological polar surface area (TPSA) is 51.0 Å². The molecule has 5 heteroatoms. The van der Waals surface area contributed by atoms with Crippen LogP contribution in [0.4, 0.5) is 0 Å². The van der Waals surface area contributed by atoms with E-state index in [0.717, 1.165) is 16.7 Å². The molecule has 1 saturated carbocycles. The van der Waals surface area contributed by atoms with Crippen LogP contribution in [0.3, 0.4) is 0 Å². The van der Waals surface area contributed by atoms with Gasteiger partial charge < -0.3 is 4.90 Å². The van der Waals surface area contributed by atoms with Crippen LogP contribution < -0.4 is 0 Å². The van der Waals surface area contributed by atoms with Crippen molar-refractivity contribution in [1.29, 1.82) is 0 Å². The zero-order valence-corrected chi connectivity index (χ0v) is 12.9. The zero-order chi connectivity index (χ0) is 15.8. The van der Waals surface area contributed by atoms with Crippen molar-refractivity contribution in [2.45, 2.75) is 25.3 Å². The number of amides is 1. The SMILES string of the molecule is C=CC(=O)N1CC(n2nc(C#CC3CCC3)c3cccnc32)C1. The van der Waals surface area contributed by atoms with E-state index in [9.17, 15) is 4.79 Å². The van der Waals surface area contributed by atoms with Crippen LogP contribution in [0.15, 0.2) is 31.0 Å². The largest absolute Gasteiger partial charge is 0.335 e. The first kappa shape index (κ1) is 14.0. The third-order valence-electron chi connectivity index (χ3n) is 4.66. The van der Waals surface area contributed by atoms with Gasteiger partial charge in [-0.3, -0.25) is 4.79 Å². The summed E-state index contributed by atoms with van der Waals surface area (Å²) in [5.41, 5.74) is 1.65. The van der Waals surface area contributed by atoms with E-state index in [4.69, 9.17) is 0 Å². The Labute approximate surface area is 135 Å². The van der Waals surface area contributed by atoms with Crippen molar-refractivity contribution < 1.29 is 4.79 Å². The smallest absolute Gasteiger partial charge is 0.246 e. The molecule has 0 unspecified atom stereocenters. The number of carbonyl (C=O) groups excluding carboxylic acids is 1. The number of carbonyl (C=O) groups is 1. The second-order valence-electron chi connectivity index (χ2n) is 6.17. The summed E-state index contributed by atoms with van der Waals surface area (Å²) in [6.07, 6.45) is 6.81. The van der Waals surface area contributed by atoms with E-state index in [2.05, 4.69) is 28.5 Å². The van der Waals surface area contributed by atoms with Crippen molar-refractivity contribution in [3.8, 4) is 11.8 Å². The molecule has 1 aliphatic carbocycles. The van der Waals surface area contributed by atoms with Crippen molar-refractivity contribution >= 4 is 16.9 Å². The van der Waals surface area contributed by atoms with Crippen LogP contribution in [0.1, 0.15) is 31.0 Å². The van der Waals surface area contributed by atoms with Gasteiger partial charge >= 0.3 is 0 Å². The maximum absolute atomic E-state index is 11.6. The van der Waals surface area contributed by atoms with Crippen molar-refractivity contribution in [1.82, 2.24) is 19.7 Å². The Morgan fingerprint density at radius 2 is 2.22 bits per heavy atom. The standard InChI is InChI=1S/C18H18N4O/c1-2-17(23)21-11-14(12-21)22-18-15(7-4-10-19-18)16(20-22)9-8-13-5-3-6-13/h2,4,7,10,13-14H,1,3,5-6,11-12H2. The highest BCUT2D eigenvalue weighted by Crippen LogP contribution is 2.27. The van der Waals surface area contributed by atoms with Crippen LogP contribution in [0.25, 0.3) is 11.0 Å². The molecule has 0 atom stereocenters. The molecule has 4 rings (SSSR count). The highest BCUT2D eigenvalue weighted by molar-refractivity contribution is 5.88. The van der Waals surface area contributed by atoms with Gasteiger partial charge in [-0.15, -0.1) is 0 Å². The van der Waals surface area contributed by atoms with Crippen molar-refractivity contribution in [2.24, 2.45) is 5.92 Å². The van der Waals surface area contributed by atoms with Crippen molar-refractivity contribution in [2.75, 3.05) is 13.1 Å². The lowest BCUT2D eigenvalue weighted by Gasteiger charge is -2.38. The lowest BCUT2D eigenvalue weighted by molar-refractivity contribution is -0.131. The number of pyridine rings is 1. The van der Waals surface area contributed by atoms with Gasteiger partial charge in [0.15, 0.2) is 5.65 Å². The summed E-state index contributed by atoms with van der Waals surface area (Å²) < 4.78 is 1.92. The van der Waals surface area contributed by atoms with E-state index in [1.807, 2.05) is 16.8 Å². The van der Waals surface area contributed by atoms with Crippen LogP contribution in [-0.4, -0.2) is 38.7 Å². The zero-order valence-electron chi connectivity index (χ0n) is 12.9. The minimum Gasteiger partial charge on any atom is -0.335 e. The first-order valence-corrected chi connectivity index (χ1v) is 8.02. The Balaban J connectivity index is 1.63. The number of rotatable bonds is 2. The first-order chi connectivity index (χ1) is 11.3. The van der Waals surface area contributed by atoms with E-state index in [1.54, 1.807) is 11.1 Å². The molecule has 23 heavy (non-hydrogen) atoms. The molecular weight excluding hydrogens is 288 g/mol. The van der Waals surface area contributed by atoms with E-state index < -0.39 is 0 Å². The number of hydrogen-bond acceptors (Lipinski definition) is 3. The number of hydrogen-bond donors (Lipinski definition) is 0.